The van der Waals surface area contributed by atoms with Crippen molar-refractivity contribution in [1.29, 1.82) is 0 Å². The summed E-state index contributed by atoms with van der Waals surface area (Å²) >= 11 is 0. The van der Waals surface area contributed by atoms with Gasteiger partial charge >= 0.3 is 0 Å². The summed E-state index contributed by atoms with van der Waals surface area (Å²) in [5.41, 5.74) is -0.280. The van der Waals surface area contributed by atoms with Crippen LogP contribution in [0.5, 0.6) is 0 Å². The SMILES string of the molecule is O=[N+]([O-])c1cccc(S(=O)(=O)N[C@H]2CCCC[C@H]2O)c1. The number of nitro benzene ring substituents is 1. The fourth-order valence-corrected chi connectivity index (χ4v) is 3.62. The summed E-state index contributed by atoms with van der Waals surface area (Å²) in [6.07, 6.45) is 2.13. The van der Waals surface area contributed by atoms with Crippen LogP contribution in [-0.4, -0.2) is 30.6 Å². The summed E-state index contributed by atoms with van der Waals surface area (Å²) in [5.74, 6) is 0. The number of hydrogen-bond donors (Lipinski definition) is 2. The molecule has 1 aromatic carbocycles. The summed E-state index contributed by atoms with van der Waals surface area (Å²) in [6.45, 7) is 0. The first-order valence-electron chi connectivity index (χ1n) is 6.35. The molecule has 1 saturated carbocycles. The number of nitrogens with one attached hydrogen (secondary N) is 1. The number of aliphatic hydroxyl groups is 1. The van der Waals surface area contributed by atoms with Crippen molar-refractivity contribution in [2.75, 3.05) is 0 Å². The van der Waals surface area contributed by atoms with Crippen LogP contribution in [0.25, 0.3) is 0 Å². The van der Waals surface area contributed by atoms with E-state index in [4.69, 9.17) is 0 Å². The predicted octanol–water partition coefficient (Wildman–Crippen LogP) is 1.18. The minimum absolute atomic E-state index is 0.163. The second-order valence-corrected chi connectivity index (χ2v) is 6.55. The molecule has 0 bridgehead atoms. The molecule has 0 aliphatic heterocycles. The van der Waals surface area contributed by atoms with Gasteiger partial charge in [-0.1, -0.05) is 18.9 Å². The third-order valence-corrected chi connectivity index (χ3v) is 4.86. The second-order valence-electron chi connectivity index (χ2n) is 4.83. The standard InChI is InChI=1S/C12H16N2O5S/c15-12-7-2-1-6-11(12)13-20(18,19)10-5-3-4-9(8-10)14(16)17/h3-5,8,11-13,15H,1-2,6-7H2/t11-,12+/m0/s1. The highest BCUT2D eigenvalue weighted by Gasteiger charge is 2.28. The van der Waals surface area contributed by atoms with Crippen molar-refractivity contribution >= 4 is 15.7 Å². The smallest absolute Gasteiger partial charge is 0.270 e. The molecule has 110 valence electrons. The highest BCUT2D eigenvalue weighted by Crippen LogP contribution is 2.22. The summed E-state index contributed by atoms with van der Waals surface area (Å²) in [4.78, 5) is 9.87. The number of nitro groups is 1. The molecule has 0 spiro atoms. The lowest BCUT2D eigenvalue weighted by Crippen LogP contribution is -2.44. The molecule has 0 unspecified atom stereocenters. The largest absolute Gasteiger partial charge is 0.391 e. The fraction of sp³-hybridized carbons (Fsp3) is 0.500. The molecular weight excluding hydrogens is 284 g/mol. The van der Waals surface area contributed by atoms with Crippen LogP contribution in [0.15, 0.2) is 29.2 Å². The zero-order chi connectivity index (χ0) is 14.8. The van der Waals surface area contributed by atoms with Gasteiger partial charge in [-0.05, 0) is 18.9 Å². The highest BCUT2D eigenvalue weighted by atomic mass is 32.2. The molecule has 0 heterocycles. The van der Waals surface area contributed by atoms with E-state index in [-0.39, 0.29) is 10.6 Å². The third-order valence-electron chi connectivity index (χ3n) is 3.37. The molecule has 0 aromatic heterocycles. The zero-order valence-corrected chi connectivity index (χ0v) is 11.5. The van der Waals surface area contributed by atoms with E-state index in [9.17, 15) is 23.6 Å². The summed E-state index contributed by atoms with van der Waals surface area (Å²) in [6, 6.07) is 4.33. The van der Waals surface area contributed by atoms with Crippen molar-refractivity contribution in [2.24, 2.45) is 0 Å². The Morgan fingerprint density at radius 1 is 1.30 bits per heavy atom. The molecular formula is C12H16N2O5S. The first kappa shape index (κ1) is 14.9. The van der Waals surface area contributed by atoms with Gasteiger partial charge in [0.25, 0.3) is 5.69 Å². The van der Waals surface area contributed by atoms with Crippen LogP contribution in [0, 0.1) is 10.1 Å². The molecule has 1 fully saturated rings. The maximum atomic E-state index is 12.2. The molecule has 1 aliphatic carbocycles. The highest BCUT2D eigenvalue weighted by molar-refractivity contribution is 7.89. The minimum Gasteiger partial charge on any atom is -0.391 e. The van der Waals surface area contributed by atoms with Gasteiger partial charge in [0.1, 0.15) is 0 Å². The molecule has 2 atom stereocenters. The molecule has 0 radical (unpaired) electrons. The lowest BCUT2D eigenvalue weighted by atomic mass is 9.93. The van der Waals surface area contributed by atoms with E-state index in [1.807, 2.05) is 0 Å². The van der Waals surface area contributed by atoms with Crippen LogP contribution in [0.4, 0.5) is 5.69 Å². The monoisotopic (exact) mass is 300 g/mol. The average molecular weight is 300 g/mol. The number of hydrogen-bond acceptors (Lipinski definition) is 5. The number of non-ortho nitro benzene ring substituents is 1. The molecule has 1 aromatic rings. The Bertz CT molecular complexity index is 602. The third kappa shape index (κ3) is 3.33. The van der Waals surface area contributed by atoms with Gasteiger partial charge in [0.05, 0.1) is 15.9 Å². The van der Waals surface area contributed by atoms with E-state index in [0.29, 0.717) is 12.8 Å². The van der Waals surface area contributed by atoms with Crippen molar-refractivity contribution < 1.29 is 18.4 Å². The number of sulfonamides is 1. The molecule has 8 heteroatoms. The van der Waals surface area contributed by atoms with Gasteiger partial charge in [0.15, 0.2) is 0 Å². The van der Waals surface area contributed by atoms with Gasteiger partial charge in [0.2, 0.25) is 10.0 Å². The van der Waals surface area contributed by atoms with Crippen LogP contribution in [-0.2, 0) is 10.0 Å². The van der Waals surface area contributed by atoms with Gasteiger partial charge < -0.3 is 5.11 Å². The second kappa shape index (κ2) is 5.86. The average Bonchev–Trinajstić information content (AvgIpc) is 2.41. The van der Waals surface area contributed by atoms with E-state index >= 15 is 0 Å². The molecule has 2 rings (SSSR count). The van der Waals surface area contributed by atoms with Gasteiger partial charge in [0, 0.05) is 18.2 Å². The Morgan fingerprint density at radius 3 is 2.65 bits per heavy atom. The van der Waals surface area contributed by atoms with Gasteiger partial charge in [-0.3, -0.25) is 10.1 Å². The van der Waals surface area contributed by atoms with Crippen molar-refractivity contribution in [3.05, 3.63) is 34.4 Å². The summed E-state index contributed by atoms with van der Waals surface area (Å²) in [7, 11) is -3.86. The minimum atomic E-state index is -3.86. The Labute approximate surface area is 116 Å². The molecule has 0 saturated heterocycles. The summed E-state index contributed by atoms with van der Waals surface area (Å²) < 4.78 is 26.8. The lowest BCUT2D eigenvalue weighted by Gasteiger charge is -2.28. The van der Waals surface area contributed by atoms with Crippen molar-refractivity contribution in [1.82, 2.24) is 4.72 Å². The van der Waals surface area contributed by atoms with Crippen LogP contribution in [0.1, 0.15) is 25.7 Å². The van der Waals surface area contributed by atoms with E-state index in [2.05, 4.69) is 4.72 Å². The topological polar surface area (TPSA) is 110 Å². The molecule has 0 amide bonds. The lowest BCUT2D eigenvalue weighted by molar-refractivity contribution is -0.385. The van der Waals surface area contributed by atoms with Crippen LogP contribution in [0.3, 0.4) is 0 Å². The number of rotatable bonds is 4. The van der Waals surface area contributed by atoms with Gasteiger partial charge in [-0.25, -0.2) is 13.1 Å². The van der Waals surface area contributed by atoms with Crippen molar-refractivity contribution in [2.45, 2.75) is 42.7 Å². The van der Waals surface area contributed by atoms with Crippen LogP contribution in [0.2, 0.25) is 0 Å². The van der Waals surface area contributed by atoms with Crippen LogP contribution >= 0.6 is 0 Å². The first-order chi connectivity index (χ1) is 9.40. The Balaban J connectivity index is 2.21. The van der Waals surface area contributed by atoms with E-state index < -0.39 is 27.1 Å². The summed E-state index contributed by atoms with van der Waals surface area (Å²) in [5, 5.41) is 20.5. The molecule has 2 N–H and O–H groups in total. The first-order valence-corrected chi connectivity index (χ1v) is 7.83. The van der Waals surface area contributed by atoms with E-state index in [1.165, 1.54) is 18.2 Å². The number of nitrogens with zero attached hydrogens (tertiary/aromatic N) is 1. The number of benzene rings is 1. The Kier molecular flexibility index (Phi) is 4.36. The van der Waals surface area contributed by atoms with Crippen LogP contribution < -0.4 is 4.72 Å². The van der Waals surface area contributed by atoms with Gasteiger partial charge in [-0.15, -0.1) is 0 Å². The Hall–Kier alpha value is -1.51. The molecule has 1 aliphatic rings. The normalized spacial score (nSPS) is 23.4. The predicted molar refractivity (Wildman–Crippen MR) is 71.7 cm³/mol. The molecule has 7 nitrogen and oxygen atoms in total. The zero-order valence-electron chi connectivity index (χ0n) is 10.7. The van der Waals surface area contributed by atoms with Crippen molar-refractivity contribution in [3.8, 4) is 0 Å². The van der Waals surface area contributed by atoms with E-state index in [0.717, 1.165) is 18.9 Å². The molecule has 20 heavy (non-hydrogen) atoms. The quantitative estimate of drug-likeness (QED) is 0.641. The van der Waals surface area contributed by atoms with Gasteiger partial charge in [-0.2, -0.15) is 0 Å². The van der Waals surface area contributed by atoms with Crippen molar-refractivity contribution in [3.63, 3.8) is 0 Å². The maximum absolute atomic E-state index is 12.2. The van der Waals surface area contributed by atoms with E-state index in [1.54, 1.807) is 0 Å². The fourth-order valence-electron chi connectivity index (χ4n) is 2.28. The number of aliphatic hydroxyl groups excluding tert-OH is 1. The maximum Gasteiger partial charge on any atom is 0.270 e. The Morgan fingerprint density at radius 2 is 2.00 bits per heavy atom.